The van der Waals surface area contributed by atoms with Gasteiger partial charge in [0.1, 0.15) is 0 Å². The van der Waals surface area contributed by atoms with Gasteiger partial charge in [-0.25, -0.2) is 0 Å². The summed E-state index contributed by atoms with van der Waals surface area (Å²) in [7, 11) is 0. The number of benzene rings is 2. The van der Waals surface area contributed by atoms with Crippen LogP contribution in [0.5, 0.6) is 0 Å². The molecule has 0 heterocycles. The molecule has 0 aliphatic carbocycles. The molecule has 3 heteroatoms. The minimum atomic E-state index is 0.0650. The maximum atomic E-state index is 12.2. The Morgan fingerprint density at radius 3 is 2.50 bits per heavy atom. The number of carbonyl (C=O) groups is 1. The van der Waals surface area contributed by atoms with Gasteiger partial charge < -0.3 is 5.32 Å². The Labute approximate surface area is 137 Å². The van der Waals surface area contributed by atoms with Gasteiger partial charge in [0, 0.05) is 17.1 Å². The monoisotopic (exact) mass is 315 g/mol. The fraction of sp³-hybridized carbons (Fsp3) is 0.316. The molecule has 2 nitrogen and oxygen atoms in total. The van der Waals surface area contributed by atoms with Gasteiger partial charge in [-0.05, 0) is 61.1 Å². The molecular formula is C19H22ClNO. The number of hydrogen-bond donors (Lipinski definition) is 1. The van der Waals surface area contributed by atoms with Crippen molar-refractivity contribution in [2.45, 2.75) is 33.6 Å². The molecule has 22 heavy (non-hydrogen) atoms. The summed E-state index contributed by atoms with van der Waals surface area (Å²) in [6.45, 7) is 6.13. The highest BCUT2D eigenvalue weighted by Gasteiger charge is 2.11. The van der Waals surface area contributed by atoms with Crippen LogP contribution in [0.2, 0.25) is 5.02 Å². The highest BCUT2D eigenvalue weighted by molar-refractivity contribution is 6.30. The van der Waals surface area contributed by atoms with E-state index in [0.717, 1.165) is 28.3 Å². The molecule has 0 aliphatic heterocycles. The molecule has 0 bridgehead atoms. The van der Waals surface area contributed by atoms with Gasteiger partial charge in [-0.3, -0.25) is 4.79 Å². The molecule has 1 N–H and O–H groups in total. The Bertz CT molecular complexity index is 649. The van der Waals surface area contributed by atoms with Crippen molar-refractivity contribution in [1.82, 2.24) is 0 Å². The fourth-order valence-corrected chi connectivity index (χ4v) is 2.61. The molecular weight excluding hydrogens is 294 g/mol. The first kappa shape index (κ1) is 16.6. The smallest absolute Gasteiger partial charge is 0.224 e. The third-order valence-corrected chi connectivity index (χ3v) is 3.95. The first-order chi connectivity index (χ1) is 10.4. The summed E-state index contributed by atoms with van der Waals surface area (Å²) in [4.78, 5) is 12.2. The lowest BCUT2D eigenvalue weighted by Gasteiger charge is -2.13. The maximum absolute atomic E-state index is 12.2. The van der Waals surface area contributed by atoms with E-state index >= 15 is 0 Å². The predicted octanol–water partition coefficient (Wildman–Crippen LogP) is 5.16. The second-order valence-electron chi connectivity index (χ2n) is 6.01. The van der Waals surface area contributed by atoms with Crippen molar-refractivity contribution in [1.29, 1.82) is 0 Å². The second kappa shape index (κ2) is 7.46. The van der Waals surface area contributed by atoms with Crippen molar-refractivity contribution < 1.29 is 4.79 Å². The summed E-state index contributed by atoms with van der Waals surface area (Å²) in [6, 6.07) is 13.9. The van der Waals surface area contributed by atoms with Crippen LogP contribution in [0.25, 0.3) is 0 Å². The average Bonchev–Trinajstić information content (AvgIpc) is 2.45. The van der Waals surface area contributed by atoms with Gasteiger partial charge in [0.2, 0.25) is 5.91 Å². The molecule has 0 radical (unpaired) electrons. The van der Waals surface area contributed by atoms with Crippen LogP contribution >= 0.6 is 11.6 Å². The van der Waals surface area contributed by atoms with Crippen LogP contribution in [0.3, 0.4) is 0 Å². The predicted molar refractivity (Wildman–Crippen MR) is 93.5 cm³/mol. The van der Waals surface area contributed by atoms with Crippen molar-refractivity contribution in [3.05, 3.63) is 64.2 Å². The van der Waals surface area contributed by atoms with E-state index in [4.69, 9.17) is 11.6 Å². The number of hydrogen-bond acceptors (Lipinski definition) is 1. The Hall–Kier alpha value is -1.80. The minimum absolute atomic E-state index is 0.0650. The summed E-state index contributed by atoms with van der Waals surface area (Å²) in [5.74, 6) is 0.349. The number of rotatable bonds is 5. The quantitative estimate of drug-likeness (QED) is 0.810. The first-order valence-corrected chi connectivity index (χ1v) is 7.93. The lowest BCUT2D eigenvalue weighted by atomic mass is 9.97. The van der Waals surface area contributed by atoms with E-state index in [1.54, 1.807) is 0 Å². The van der Waals surface area contributed by atoms with Gasteiger partial charge in [-0.1, -0.05) is 42.8 Å². The Kier molecular flexibility index (Phi) is 5.62. The van der Waals surface area contributed by atoms with Crippen LogP contribution in [0.15, 0.2) is 42.5 Å². The van der Waals surface area contributed by atoms with Gasteiger partial charge >= 0.3 is 0 Å². The molecule has 0 saturated heterocycles. The van der Waals surface area contributed by atoms with Crippen molar-refractivity contribution in [2.75, 3.05) is 5.32 Å². The van der Waals surface area contributed by atoms with Crippen molar-refractivity contribution in [2.24, 2.45) is 5.92 Å². The summed E-state index contributed by atoms with van der Waals surface area (Å²) in [5, 5.41) is 3.76. The topological polar surface area (TPSA) is 29.1 Å². The highest BCUT2D eigenvalue weighted by atomic mass is 35.5. The molecule has 0 aliphatic rings. The molecule has 0 unspecified atom stereocenters. The SMILES string of the molecule is Cc1ccc(C)c(NC(=O)C[C@@H](C)Cc2ccc(Cl)cc2)c1. The van der Waals surface area contributed by atoms with Crippen molar-refractivity contribution in [3.8, 4) is 0 Å². The molecule has 1 atom stereocenters. The van der Waals surface area contributed by atoms with E-state index in [9.17, 15) is 4.79 Å². The zero-order valence-electron chi connectivity index (χ0n) is 13.3. The molecule has 0 fully saturated rings. The Morgan fingerprint density at radius 2 is 1.82 bits per heavy atom. The second-order valence-corrected chi connectivity index (χ2v) is 6.44. The Balaban J connectivity index is 1.91. The van der Waals surface area contributed by atoms with E-state index in [2.05, 4.69) is 12.2 Å². The molecule has 0 saturated carbocycles. The standard InChI is InChI=1S/C19H22ClNO/c1-13-4-5-15(3)18(11-13)21-19(22)12-14(2)10-16-6-8-17(20)9-7-16/h4-9,11,14H,10,12H2,1-3H3,(H,21,22)/t14-/m0/s1. The van der Waals surface area contributed by atoms with Gasteiger partial charge in [-0.2, -0.15) is 0 Å². The summed E-state index contributed by atoms with van der Waals surface area (Å²) >= 11 is 5.89. The van der Waals surface area contributed by atoms with Crippen LogP contribution < -0.4 is 5.32 Å². The molecule has 0 aromatic heterocycles. The maximum Gasteiger partial charge on any atom is 0.224 e. The third kappa shape index (κ3) is 4.88. The number of halogens is 1. The third-order valence-electron chi connectivity index (χ3n) is 3.70. The van der Waals surface area contributed by atoms with Gasteiger partial charge in [0.15, 0.2) is 0 Å². The van der Waals surface area contributed by atoms with E-state index in [1.165, 1.54) is 5.56 Å². The van der Waals surface area contributed by atoms with Gasteiger partial charge in [0.05, 0.1) is 0 Å². The van der Waals surface area contributed by atoms with E-state index < -0.39 is 0 Å². The fourth-order valence-electron chi connectivity index (χ4n) is 2.48. The number of carbonyl (C=O) groups excluding carboxylic acids is 1. The highest BCUT2D eigenvalue weighted by Crippen LogP contribution is 2.19. The lowest BCUT2D eigenvalue weighted by molar-refractivity contribution is -0.116. The number of nitrogens with one attached hydrogen (secondary N) is 1. The number of aryl methyl sites for hydroxylation is 2. The molecule has 2 aromatic rings. The molecule has 2 rings (SSSR count). The van der Waals surface area contributed by atoms with E-state index in [-0.39, 0.29) is 11.8 Å². The number of amides is 1. The zero-order chi connectivity index (χ0) is 16.1. The lowest BCUT2D eigenvalue weighted by Crippen LogP contribution is -2.17. The van der Waals surface area contributed by atoms with Crippen molar-refractivity contribution >= 4 is 23.2 Å². The van der Waals surface area contributed by atoms with Gasteiger partial charge in [-0.15, -0.1) is 0 Å². The van der Waals surface area contributed by atoms with Crippen LogP contribution in [0, 0.1) is 19.8 Å². The largest absolute Gasteiger partial charge is 0.326 e. The van der Waals surface area contributed by atoms with E-state index in [1.807, 2.05) is 56.3 Å². The summed E-state index contributed by atoms with van der Waals surface area (Å²) in [5.41, 5.74) is 4.35. The first-order valence-electron chi connectivity index (χ1n) is 7.55. The molecule has 116 valence electrons. The van der Waals surface area contributed by atoms with Gasteiger partial charge in [0.25, 0.3) is 0 Å². The zero-order valence-corrected chi connectivity index (χ0v) is 14.1. The molecule has 1 amide bonds. The Morgan fingerprint density at radius 1 is 1.14 bits per heavy atom. The molecule has 2 aromatic carbocycles. The number of anilines is 1. The van der Waals surface area contributed by atoms with Crippen LogP contribution in [0.1, 0.15) is 30.0 Å². The van der Waals surface area contributed by atoms with Crippen LogP contribution in [-0.2, 0) is 11.2 Å². The minimum Gasteiger partial charge on any atom is -0.326 e. The molecule has 0 spiro atoms. The summed E-state index contributed by atoms with van der Waals surface area (Å²) in [6.07, 6.45) is 1.38. The van der Waals surface area contributed by atoms with Crippen LogP contribution in [0.4, 0.5) is 5.69 Å². The normalized spacial score (nSPS) is 12.0. The average molecular weight is 316 g/mol. The van der Waals surface area contributed by atoms with Crippen molar-refractivity contribution in [3.63, 3.8) is 0 Å². The van der Waals surface area contributed by atoms with Crippen LogP contribution in [-0.4, -0.2) is 5.91 Å². The summed E-state index contributed by atoms with van der Waals surface area (Å²) < 4.78 is 0. The van der Waals surface area contributed by atoms with E-state index in [0.29, 0.717) is 6.42 Å².